The predicted molar refractivity (Wildman–Crippen MR) is 79.9 cm³/mol. The van der Waals surface area contributed by atoms with Crippen LogP contribution in [0, 0.1) is 13.8 Å². The maximum atomic E-state index is 4.67. The van der Waals surface area contributed by atoms with Crippen molar-refractivity contribution in [3.8, 4) is 5.69 Å². The maximum absolute atomic E-state index is 4.67. The largest absolute Gasteiger partial charge is 0.314 e. The zero-order valence-electron chi connectivity index (χ0n) is 12.3. The van der Waals surface area contributed by atoms with Crippen molar-refractivity contribution in [2.24, 2.45) is 0 Å². The van der Waals surface area contributed by atoms with Gasteiger partial charge in [-0.3, -0.25) is 0 Å². The second-order valence-corrected chi connectivity index (χ2v) is 5.26. The second kappa shape index (κ2) is 6.02. The molecule has 1 N–H and O–H groups in total. The minimum absolute atomic E-state index is 0.532. The Balaban J connectivity index is 2.20. The molecule has 0 aliphatic heterocycles. The summed E-state index contributed by atoms with van der Waals surface area (Å²) in [5.41, 5.74) is 4.87. The summed E-state index contributed by atoms with van der Waals surface area (Å²) in [7, 11) is 0. The quantitative estimate of drug-likeness (QED) is 0.892. The van der Waals surface area contributed by atoms with E-state index in [2.05, 4.69) is 50.2 Å². The first kappa shape index (κ1) is 13.8. The molecule has 0 fully saturated rings. The van der Waals surface area contributed by atoms with Gasteiger partial charge in [-0.1, -0.05) is 32.0 Å². The molecule has 0 atom stereocenters. The van der Waals surface area contributed by atoms with Gasteiger partial charge in [0.2, 0.25) is 0 Å². The Morgan fingerprint density at radius 1 is 1.16 bits per heavy atom. The lowest BCUT2D eigenvalue weighted by Gasteiger charge is -2.08. The summed E-state index contributed by atoms with van der Waals surface area (Å²) in [6, 6.07) is 10.8. The standard InChI is InChI=1S/C16H23N3/c1-12(2)17-11-10-16-13(3)18-19(14(16)4)15-8-6-5-7-9-15/h5-9,12,17H,10-11H2,1-4H3. The minimum atomic E-state index is 0.532. The summed E-state index contributed by atoms with van der Waals surface area (Å²) in [6.45, 7) is 9.59. The summed E-state index contributed by atoms with van der Waals surface area (Å²) in [4.78, 5) is 0. The van der Waals surface area contributed by atoms with Crippen LogP contribution in [0.3, 0.4) is 0 Å². The van der Waals surface area contributed by atoms with Crippen molar-refractivity contribution in [2.45, 2.75) is 40.2 Å². The molecule has 1 aromatic carbocycles. The van der Waals surface area contributed by atoms with E-state index in [0.29, 0.717) is 6.04 Å². The lowest BCUT2D eigenvalue weighted by atomic mass is 10.1. The van der Waals surface area contributed by atoms with E-state index in [1.165, 1.54) is 11.3 Å². The van der Waals surface area contributed by atoms with Crippen molar-refractivity contribution >= 4 is 0 Å². The molecule has 19 heavy (non-hydrogen) atoms. The van der Waals surface area contributed by atoms with E-state index in [0.717, 1.165) is 24.3 Å². The van der Waals surface area contributed by atoms with Crippen molar-refractivity contribution in [1.29, 1.82) is 0 Å². The Labute approximate surface area is 115 Å². The van der Waals surface area contributed by atoms with Gasteiger partial charge in [0.15, 0.2) is 0 Å². The van der Waals surface area contributed by atoms with E-state index < -0.39 is 0 Å². The van der Waals surface area contributed by atoms with Crippen molar-refractivity contribution in [2.75, 3.05) is 6.54 Å². The van der Waals surface area contributed by atoms with E-state index in [-0.39, 0.29) is 0 Å². The number of nitrogens with one attached hydrogen (secondary N) is 1. The topological polar surface area (TPSA) is 29.9 Å². The number of aromatic nitrogens is 2. The highest BCUT2D eigenvalue weighted by Crippen LogP contribution is 2.17. The van der Waals surface area contributed by atoms with Crippen LogP contribution in [-0.2, 0) is 6.42 Å². The highest BCUT2D eigenvalue weighted by Gasteiger charge is 2.12. The van der Waals surface area contributed by atoms with Gasteiger partial charge < -0.3 is 5.32 Å². The average molecular weight is 257 g/mol. The third-order valence-electron chi connectivity index (χ3n) is 3.37. The van der Waals surface area contributed by atoms with Crippen molar-refractivity contribution < 1.29 is 0 Å². The van der Waals surface area contributed by atoms with Gasteiger partial charge in [0.1, 0.15) is 0 Å². The average Bonchev–Trinajstić information content (AvgIpc) is 2.67. The Morgan fingerprint density at radius 2 is 1.84 bits per heavy atom. The summed E-state index contributed by atoms with van der Waals surface area (Å²) >= 11 is 0. The van der Waals surface area contributed by atoms with Gasteiger partial charge in [0, 0.05) is 11.7 Å². The molecule has 3 heteroatoms. The molecule has 102 valence electrons. The molecule has 0 amide bonds. The Kier molecular flexibility index (Phi) is 4.38. The fourth-order valence-electron chi connectivity index (χ4n) is 2.34. The molecule has 0 unspecified atom stereocenters. The maximum Gasteiger partial charge on any atom is 0.0648 e. The van der Waals surface area contributed by atoms with Crippen LogP contribution >= 0.6 is 0 Å². The van der Waals surface area contributed by atoms with Crippen LogP contribution < -0.4 is 5.32 Å². The summed E-state index contributed by atoms with van der Waals surface area (Å²) in [5.74, 6) is 0. The first-order chi connectivity index (χ1) is 9.09. The van der Waals surface area contributed by atoms with Crippen LogP contribution in [0.15, 0.2) is 30.3 Å². The van der Waals surface area contributed by atoms with Crippen molar-refractivity contribution in [3.05, 3.63) is 47.3 Å². The van der Waals surface area contributed by atoms with Gasteiger partial charge in [-0.25, -0.2) is 4.68 Å². The van der Waals surface area contributed by atoms with E-state index in [4.69, 9.17) is 0 Å². The molecule has 0 aliphatic carbocycles. The number of aryl methyl sites for hydroxylation is 1. The van der Waals surface area contributed by atoms with Crippen LogP contribution in [0.1, 0.15) is 30.8 Å². The molecular weight excluding hydrogens is 234 g/mol. The Hall–Kier alpha value is -1.61. The molecule has 0 bridgehead atoms. The third kappa shape index (κ3) is 3.24. The fraction of sp³-hybridized carbons (Fsp3) is 0.438. The molecule has 0 radical (unpaired) electrons. The Bertz CT molecular complexity index is 526. The SMILES string of the molecule is Cc1nn(-c2ccccc2)c(C)c1CCNC(C)C. The zero-order chi connectivity index (χ0) is 13.8. The molecule has 2 rings (SSSR count). The van der Waals surface area contributed by atoms with Crippen LogP contribution in [0.4, 0.5) is 0 Å². The first-order valence-electron chi connectivity index (χ1n) is 6.93. The molecule has 2 aromatic rings. The van der Waals surface area contributed by atoms with Crippen molar-refractivity contribution in [3.63, 3.8) is 0 Å². The van der Waals surface area contributed by atoms with Gasteiger partial charge in [0.25, 0.3) is 0 Å². The van der Waals surface area contributed by atoms with Crippen LogP contribution in [0.2, 0.25) is 0 Å². The molecular formula is C16H23N3. The zero-order valence-corrected chi connectivity index (χ0v) is 12.3. The fourth-order valence-corrected chi connectivity index (χ4v) is 2.34. The first-order valence-corrected chi connectivity index (χ1v) is 6.93. The highest BCUT2D eigenvalue weighted by atomic mass is 15.3. The normalized spacial score (nSPS) is 11.2. The number of nitrogens with zero attached hydrogens (tertiary/aromatic N) is 2. The highest BCUT2D eigenvalue weighted by molar-refractivity contribution is 5.37. The van der Waals surface area contributed by atoms with Crippen LogP contribution in [0.5, 0.6) is 0 Å². The van der Waals surface area contributed by atoms with E-state index in [1.54, 1.807) is 0 Å². The summed E-state index contributed by atoms with van der Waals surface area (Å²) in [5, 5.41) is 8.13. The van der Waals surface area contributed by atoms with Gasteiger partial charge >= 0.3 is 0 Å². The predicted octanol–water partition coefficient (Wildman–Crippen LogP) is 3.03. The van der Waals surface area contributed by atoms with Gasteiger partial charge in [0.05, 0.1) is 11.4 Å². The number of benzene rings is 1. The molecule has 0 aliphatic rings. The summed E-state index contributed by atoms with van der Waals surface area (Å²) in [6.07, 6.45) is 1.03. The summed E-state index contributed by atoms with van der Waals surface area (Å²) < 4.78 is 2.04. The second-order valence-electron chi connectivity index (χ2n) is 5.26. The van der Waals surface area contributed by atoms with Gasteiger partial charge in [-0.05, 0) is 44.5 Å². The smallest absolute Gasteiger partial charge is 0.0648 e. The van der Waals surface area contributed by atoms with Crippen molar-refractivity contribution in [1.82, 2.24) is 15.1 Å². The molecule has 1 aromatic heterocycles. The van der Waals surface area contributed by atoms with Crippen LogP contribution in [0.25, 0.3) is 5.69 Å². The molecule has 0 saturated carbocycles. The lowest BCUT2D eigenvalue weighted by molar-refractivity contribution is 0.589. The van der Waals surface area contributed by atoms with E-state index in [1.807, 2.05) is 22.9 Å². The number of para-hydroxylation sites is 1. The van der Waals surface area contributed by atoms with E-state index in [9.17, 15) is 0 Å². The van der Waals surface area contributed by atoms with E-state index >= 15 is 0 Å². The monoisotopic (exact) mass is 257 g/mol. The lowest BCUT2D eigenvalue weighted by Crippen LogP contribution is -2.25. The number of hydrogen-bond acceptors (Lipinski definition) is 2. The molecule has 0 spiro atoms. The molecule has 0 saturated heterocycles. The molecule has 3 nitrogen and oxygen atoms in total. The third-order valence-corrected chi connectivity index (χ3v) is 3.37. The molecule has 1 heterocycles. The van der Waals surface area contributed by atoms with Crippen LogP contribution in [-0.4, -0.2) is 22.4 Å². The van der Waals surface area contributed by atoms with Gasteiger partial charge in [-0.2, -0.15) is 5.10 Å². The number of hydrogen-bond donors (Lipinski definition) is 1. The minimum Gasteiger partial charge on any atom is -0.314 e. The van der Waals surface area contributed by atoms with Gasteiger partial charge in [-0.15, -0.1) is 0 Å². The Morgan fingerprint density at radius 3 is 2.47 bits per heavy atom. The number of rotatable bonds is 5.